The third-order valence-corrected chi connectivity index (χ3v) is 3.53. The highest BCUT2D eigenvalue weighted by Crippen LogP contribution is 2.11. The first-order chi connectivity index (χ1) is 10.7. The van der Waals surface area contributed by atoms with Gasteiger partial charge in [-0.2, -0.15) is 0 Å². The molecule has 0 spiro atoms. The third-order valence-electron chi connectivity index (χ3n) is 3.53. The summed E-state index contributed by atoms with van der Waals surface area (Å²) in [5.41, 5.74) is 2.40. The van der Waals surface area contributed by atoms with E-state index in [1.807, 2.05) is 18.2 Å². The van der Waals surface area contributed by atoms with Crippen molar-refractivity contribution in [2.45, 2.75) is 6.54 Å². The summed E-state index contributed by atoms with van der Waals surface area (Å²) < 4.78 is 1.52. The molecule has 3 heterocycles. The summed E-state index contributed by atoms with van der Waals surface area (Å²) in [6, 6.07) is 8.94. The number of hydrogen-bond donors (Lipinski definition) is 2. The van der Waals surface area contributed by atoms with Crippen molar-refractivity contribution >= 4 is 22.1 Å². The van der Waals surface area contributed by atoms with E-state index in [1.165, 1.54) is 10.9 Å². The molecule has 2 N–H and O–H groups in total. The molecule has 4 rings (SSSR count). The van der Waals surface area contributed by atoms with Crippen LogP contribution in [0.1, 0.15) is 5.56 Å². The van der Waals surface area contributed by atoms with E-state index < -0.39 is 0 Å². The van der Waals surface area contributed by atoms with Crippen LogP contribution in [0.25, 0.3) is 22.1 Å². The number of rotatable bonds is 2. The number of hydrogen-bond acceptors (Lipinski definition) is 4. The highest BCUT2D eigenvalue weighted by molar-refractivity contribution is 5.75. The van der Waals surface area contributed by atoms with Crippen LogP contribution in [0.5, 0.6) is 0 Å². The third kappa shape index (κ3) is 1.99. The minimum Gasteiger partial charge on any atom is -0.306 e. The Labute approximate surface area is 123 Å². The molecule has 0 unspecified atom stereocenters. The van der Waals surface area contributed by atoms with Crippen LogP contribution in [0.3, 0.4) is 0 Å². The van der Waals surface area contributed by atoms with Crippen molar-refractivity contribution in [2.24, 2.45) is 0 Å². The lowest BCUT2D eigenvalue weighted by atomic mass is 10.2. The van der Waals surface area contributed by atoms with E-state index in [4.69, 9.17) is 0 Å². The molecule has 0 saturated carbocycles. The number of nitrogens with zero attached hydrogens (tertiary/aromatic N) is 3. The SMILES string of the molecule is O=c1[nH]c2ccc(Cn3cnc4ncccc4c3=O)cc2[nH]1. The fourth-order valence-electron chi connectivity index (χ4n) is 2.49. The second-order valence-electron chi connectivity index (χ2n) is 5.01. The largest absolute Gasteiger partial charge is 0.323 e. The van der Waals surface area contributed by atoms with Crippen LogP contribution >= 0.6 is 0 Å². The summed E-state index contributed by atoms with van der Waals surface area (Å²) in [5, 5.41) is 0.487. The van der Waals surface area contributed by atoms with Crippen molar-refractivity contribution < 1.29 is 0 Å². The van der Waals surface area contributed by atoms with Crippen molar-refractivity contribution in [1.82, 2.24) is 24.5 Å². The van der Waals surface area contributed by atoms with E-state index in [9.17, 15) is 9.59 Å². The molecule has 0 aliphatic carbocycles. The van der Waals surface area contributed by atoms with Gasteiger partial charge in [0.25, 0.3) is 5.56 Å². The molecular weight excluding hydrogens is 282 g/mol. The van der Waals surface area contributed by atoms with Crippen molar-refractivity contribution in [1.29, 1.82) is 0 Å². The molecule has 22 heavy (non-hydrogen) atoms. The molecule has 7 nitrogen and oxygen atoms in total. The van der Waals surface area contributed by atoms with Crippen LogP contribution in [0, 0.1) is 0 Å². The quantitative estimate of drug-likeness (QED) is 0.576. The first-order valence-electron chi connectivity index (χ1n) is 6.72. The average molecular weight is 293 g/mol. The second-order valence-corrected chi connectivity index (χ2v) is 5.01. The number of aromatic amines is 2. The van der Waals surface area contributed by atoms with E-state index >= 15 is 0 Å². The van der Waals surface area contributed by atoms with Crippen LogP contribution in [-0.2, 0) is 6.54 Å². The number of nitrogens with one attached hydrogen (secondary N) is 2. The summed E-state index contributed by atoms with van der Waals surface area (Å²) in [5.74, 6) is 0. The number of H-pyrrole nitrogens is 2. The van der Waals surface area contributed by atoms with E-state index in [0.717, 1.165) is 11.1 Å². The van der Waals surface area contributed by atoms with Gasteiger partial charge in [0, 0.05) is 6.20 Å². The van der Waals surface area contributed by atoms with E-state index in [0.29, 0.717) is 23.1 Å². The maximum absolute atomic E-state index is 12.4. The van der Waals surface area contributed by atoms with Gasteiger partial charge >= 0.3 is 5.69 Å². The molecule has 0 aliphatic heterocycles. The highest BCUT2D eigenvalue weighted by Gasteiger charge is 2.06. The van der Waals surface area contributed by atoms with Gasteiger partial charge in [-0.15, -0.1) is 0 Å². The molecule has 0 fully saturated rings. The Balaban J connectivity index is 1.80. The Kier molecular flexibility index (Phi) is 2.65. The summed E-state index contributed by atoms with van der Waals surface area (Å²) in [4.78, 5) is 37.3. The maximum Gasteiger partial charge on any atom is 0.323 e. The van der Waals surface area contributed by atoms with Gasteiger partial charge < -0.3 is 9.97 Å². The zero-order valence-electron chi connectivity index (χ0n) is 11.4. The van der Waals surface area contributed by atoms with Gasteiger partial charge in [0.2, 0.25) is 0 Å². The molecule has 7 heteroatoms. The predicted molar refractivity (Wildman–Crippen MR) is 81.8 cm³/mol. The minimum atomic E-state index is -0.247. The standard InChI is InChI=1S/C15H11N5O2/c21-14-10-2-1-5-16-13(10)17-8-20(14)7-9-3-4-11-12(6-9)19-15(22)18-11/h1-6,8H,7H2,(H2,18,19,22). The summed E-state index contributed by atoms with van der Waals surface area (Å²) in [6.45, 7) is 0.375. The highest BCUT2D eigenvalue weighted by atomic mass is 16.1. The summed E-state index contributed by atoms with van der Waals surface area (Å²) in [7, 11) is 0. The van der Waals surface area contributed by atoms with Gasteiger partial charge in [-0.05, 0) is 29.8 Å². The molecule has 3 aromatic heterocycles. The van der Waals surface area contributed by atoms with Crippen molar-refractivity contribution in [3.05, 3.63) is 69.3 Å². The number of fused-ring (bicyclic) bond motifs is 2. The average Bonchev–Trinajstić information content (AvgIpc) is 2.90. The summed E-state index contributed by atoms with van der Waals surface area (Å²) in [6.07, 6.45) is 3.09. The summed E-state index contributed by atoms with van der Waals surface area (Å²) >= 11 is 0. The van der Waals surface area contributed by atoms with Gasteiger partial charge in [-0.3, -0.25) is 9.36 Å². The van der Waals surface area contributed by atoms with E-state index in [2.05, 4.69) is 19.9 Å². The van der Waals surface area contributed by atoms with Gasteiger partial charge in [0.15, 0.2) is 5.65 Å². The first-order valence-corrected chi connectivity index (χ1v) is 6.72. The Morgan fingerprint density at radius 1 is 1.05 bits per heavy atom. The lowest BCUT2D eigenvalue weighted by Gasteiger charge is -2.06. The lowest BCUT2D eigenvalue weighted by molar-refractivity contribution is 0.747. The van der Waals surface area contributed by atoms with Crippen LogP contribution in [0.4, 0.5) is 0 Å². The van der Waals surface area contributed by atoms with Crippen molar-refractivity contribution in [2.75, 3.05) is 0 Å². The normalized spacial score (nSPS) is 11.3. The van der Waals surface area contributed by atoms with Gasteiger partial charge in [0.1, 0.15) is 6.33 Å². The van der Waals surface area contributed by atoms with Gasteiger partial charge in [-0.25, -0.2) is 14.8 Å². The smallest absolute Gasteiger partial charge is 0.306 e. The molecule has 0 bridgehead atoms. The Morgan fingerprint density at radius 3 is 2.82 bits per heavy atom. The van der Waals surface area contributed by atoms with Crippen molar-refractivity contribution in [3.8, 4) is 0 Å². The Hall–Kier alpha value is -3.22. The lowest BCUT2D eigenvalue weighted by Crippen LogP contribution is -2.21. The Bertz CT molecular complexity index is 1110. The van der Waals surface area contributed by atoms with E-state index in [1.54, 1.807) is 18.3 Å². The number of benzene rings is 1. The van der Waals surface area contributed by atoms with Crippen molar-refractivity contribution in [3.63, 3.8) is 0 Å². The molecule has 1 aromatic carbocycles. The van der Waals surface area contributed by atoms with Crippen LogP contribution in [0.15, 0.2) is 52.4 Å². The molecule has 0 radical (unpaired) electrons. The monoisotopic (exact) mass is 293 g/mol. The van der Waals surface area contributed by atoms with Gasteiger partial charge in [0.05, 0.1) is 23.0 Å². The van der Waals surface area contributed by atoms with Gasteiger partial charge in [-0.1, -0.05) is 6.07 Å². The first kappa shape index (κ1) is 12.5. The number of pyridine rings is 1. The zero-order valence-corrected chi connectivity index (χ0v) is 11.4. The zero-order chi connectivity index (χ0) is 15.1. The van der Waals surface area contributed by atoms with Crippen LogP contribution in [0.2, 0.25) is 0 Å². The van der Waals surface area contributed by atoms with Crippen LogP contribution < -0.4 is 11.2 Å². The molecule has 0 amide bonds. The topological polar surface area (TPSA) is 96.4 Å². The molecule has 108 valence electrons. The Morgan fingerprint density at radius 2 is 1.91 bits per heavy atom. The molecule has 0 saturated heterocycles. The molecule has 0 atom stereocenters. The molecule has 4 aromatic rings. The van der Waals surface area contributed by atoms with Crippen LogP contribution in [-0.4, -0.2) is 24.5 Å². The second kappa shape index (κ2) is 4.66. The predicted octanol–water partition coefficient (Wildman–Crippen LogP) is 1.01. The fourth-order valence-corrected chi connectivity index (χ4v) is 2.49. The number of aromatic nitrogens is 5. The van der Waals surface area contributed by atoms with E-state index in [-0.39, 0.29) is 11.2 Å². The molecule has 0 aliphatic rings. The number of imidazole rings is 1. The molecular formula is C15H11N5O2. The minimum absolute atomic E-state index is 0.138. The fraction of sp³-hybridized carbons (Fsp3) is 0.0667. The maximum atomic E-state index is 12.4.